The molecule has 0 aliphatic carbocycles. The molecule has 0 fully saturated rings. The van der Waals surface area contributed by atoms with Crippen molar-refractivity contribution in [3.63, 3.8) is 0 Å². The Labute approximate surface area is 134 Å². The quantitative estimate of drug-likeness (QED) is 0.800. The van der Waals surface area contributed by atoms with Crippen LogP contribution in [0.2, 0.25) is 0 Å². The Kier molecular flexibility index (Phi) is 5.51. The van der Waals surface area contributed by atoms with Gasteiger partial charge in [0.25, 0.3) is 0 Å². The zero-order chi connectivity index (χ0) is 15.2. The van der Waals surface area contributed by atoms with Crippen molar-refractivity contribution in [1.29, 1.82) is 0 Å². The van der Waals surface area contributed by atoms with Gasteiger partial charge in [0.05, 0.1) is 11.6 Å². The van der Waals surface area contributed by atoms with Gasteiger partial charge in [0, 0.05) is 11.7 Å². The summed E-state index contributed by atoms with van der Waals surface area (Å²) >= 11 is 3.49. The Morgan fingerprint density at radius 2 is 1.90 bits per heavy atom. The number of aryl methyl sites for hydroxylation is 1. The molecule has 2 N–H and O–H groups in total. The number of phenols is 1. The van der Waals surface area contributed by atoms with Crippen molar-refractivity contribution in [3.8, 4) is 11.5 Å². The molecular formula is C17H20BrNO2. The maximum atomic E-state index is 9.27. The van der Waals surface area contributed by atoms with Crippen LogP contribution in [0.4, 0.5) is 5.69 Å². The Bertz CT molecular complexity index is 584. The van der Waals surface area contributed by atoms with Gasteiger partial charge in [-0.3, -0.25) is 0 Å². The Hall–Kier alpha value is -1.68. The molecule has 4 heteroatoms. The van der Waals surface area contributed by atoms with Gasteiger partial charge in [-0.25, -0.2) is 0 Å². The van der Waals surface area contributed by atoms with Crippen LogP contribution >= 0.6 is 15.9 Å². The van der Waals surface area contributed by atoms with Crippen molar-refractivity contribution in [2.24, 2.45) is 0 Å². The highest BCUT2D eigenvalue weighted by Gasteiger charge is 2.06. The topological polar surface area (TPSA) is 41.5 Å². The smallest absolute Gasteiger partial charge is 0.133 e. The minimum Gasteiger partial charge on any atom is -0.508 e. The van der Waals surface area contributed by atoms with Gasteiger partial charge in [0.1, 0.15) is 11.5 Å². The van der Waals surface area contributed by atoms with E-state index >= 15 is 0 Å². The number of aromatic hydroxyl groups is 1. The van der Waals surface area contributed by atoms with E-state index in [-0.39, 0.29) is 0 Å². The van der Waals surface area contributed by atoms with Crippen LogP contribution in [-0.4, -0.2) is 18.3 Å². The third-order valence-electron chi connectivity index (χ3n) is 3.37. The zero-order valence-electron chi connectivity index (χ0n) is 12.3. The second kappa shape index (κ2) is 7.36. The standard InChI is InChI=1S/C17H20BrNO2/c1-12(3-4-13-5-8-15(20)9-6-13)19-14-7-10-17(21-2)16(18)11-14/h5-12,19-20H,3-4H2,1-2H3. The van der Waals surface area contributed by atoms with Gasteiger partial charge in [-0.1, -0.05) is 12.1 Å². The van der Waals surface area contributed by atoms with E-state index in [9.17, 15) is 5.11 Å². The summed E-state index contributed by atoms with van der Waals surface area (Å²) < 4.78 is 6.17. The van der Waals surface area contributed by atoms with Crippen LogP contribution in [0.25, 0.3) is 0 Å². The minimum absolute atomic E-state index is 0.313. The molecule has 2 aromatic carbocycles. The van der Waals surface area contributed by atoms with Crippen molar-refractivity contribution in [2.45, 2.75) is 25.8 Å². The summed E-state index contributed by atoms with van der Waals surface area (Å²) in [5.41, 5.74) is 2.30. The molecule has 0 aliphatic heterocycles. The first-order chi connectivity index (χ1) is 10.1. The average molecular weight is 350 g/mol. The summed E-state index contributed by atoms with van der Waals surface area (Å²) in [5.74, 6) is 1.14. The van der Waals surface area contributed by atoms with Crippen LogP contribution < -0.4 is 10.1 Å². The molecule has 0 saturated carbocycles. The number of phenolic OH excluding ortho intramolecular Hbond substituents is 1. The molecule has 0 aliphatic rings. The normalized spacial score (nSPS) is 12.0. The number of ether oxygens (including phenoxy) is 1. The molecule has 0 spiro atoms. The lowest BCUT2D eigenvalue weighted by atomic mass is 10.1. The highest BCUT2D eigenvalue weighted by molar-refractivity contribution is 9.10. The molecule has 3 nitrogen and oxygen atoms in total. The predicted molar refractivity (Wildman–Crippen MR) is 90.2 cm³/mol. The molecule has 0 radical (unpaired) electrons. The van der Waals surface area contributed by atoms with E-state index in [1.165, 1.54) is 5.56 Å². The first-order valence-electron chi connectivity index (χ1n) is 6.96. The number of methoxy groups -OCH3 is 1. The lowest BCUT2D eigenvalue weighted by Gasteiger charge is -2.16. The van der Waals surface area contributed by atoms with Crippen molar-refractivity contribution < 1.29 is 9.84 Å². The molecule has 0 aromatic heterocycles. The largest absolute Gasteiger partial charge is 0.508 e. The third-order valence-corrected chi connectivity index (χ3v) is 3.99. The molecule has 0 saturated heterocycles. The fourth-order valence-corrected chi connectivity index (χ4v) is 2.70. The van der Waals surface area contributed by atoms with Crippen molar-refractivity contribution in [3.05, 3.63) is 52.5 Å². The Balaban J connectivity index is 1.88. The van der Waals surface area contributed by atoms with Crippen molar-refractivity contribution >= 4 is 21.6 Å². The summed E-state index contributed by atoms with van der Waals surface area (Å²) in [6, 6.07) is 13.7. The molecular weight excluding hydrogens is 330 g/mol. The van der Waals surface area contributed by atoms with Gasteiger partial charge in [0.2, 0.25) is 0 Å². The van der Waals surface area contributed by atoms with Crippen molar-refractivity contribution in [1.82, 2.24) is 0 Å². The number of rotatable bonds is 6. The SMILES string of the molecule is COc1ccc(NC(C)CCc2ccc(O)cc2)cc1Br. The molecule has 1 unspecified atom stereocenters. The van der Waals surface area contributed by atoms with E-state index in [0.29, 0.717) is 11.8 Å². The van der Waals surface area contributed by atoms with Crippen LogP contribution in [0, 0.1) is 0 Å². The number of nitrogens with one attached hydrogen (secondary N) is 1. The van der Waals surface area contributed by atoms with E-state index in [2.05, 4.69) is 28.2 Å². The summed E-state index contributed by atoms with van der Waals surface area (Å²) in [6.45, 7) is 2.17. The van der Waals surface area contributed by atoms with Crippen LogP contribution in [-0.2, 0) is 6.42 Å². The van der Waals surface area contributed by atoms with Gasteiger partial charge in [-0.05, 0) is 71.6 Å². The van der Waals surface area contributed by atoms with Gasteiger partial charge in [-0.15, -0.1) is 0 Å². The lowest BCUT2D eigenvalue weighted by molar-refractivity contribution is 0.412. The van der Waals surface area contributed by atoms with E-state index < -0.39 is 0 Å². The number of hydrogen-bond acceptors (Lipinski definition) is 3. The molecule has 21 heavy (non-hydrogen) atoms. The summed E-state index contributed by atoms with van der Waals surface area (Å²) in [4.78, 5) is 0. The van der Waals surface area contributed by atoms with Crippen LogP contribution in [0.5, 0.6) is 11.5 Å². The molecule has 2 aromatic rings. The van der Waals surface area contributed by atoms with Gasteiger partial charge in [-0.2, -0.15) is 0 Å². The van der Waals surface area contributed by atoms with E-state index in [4.69, 9.17) is 4.74 Å². The molecule has 0 amide bonds. The van der Waals surface area contributed by atoms with Crippen LogP contribution in [0.3, 0.4) is 0 Å². The maximum Gasteiger partial charge on any atom is 0.133 e. The van der Waals surface area contributed by atoms with Crippen molar-refractivity contribution in [2.75, 3.05) is 12.4 Å². The van der Waals surface area contributed by atoms with Gasteiger partial charge >= 0.3 is 0 Å². The second-order valence-electron chi connectivity index (χ2n) is 5.10. The zero-order valence-corrected chi connectivity index (χ0v) is 13.9. The second-order valence-corrected chi connectivity index (χ2v) is 5.95. The third kappa shape index (κ3) is 4.67. The molecule has 1 atom stereocenters. The first kappa shape index (κ1) is 15.7. The number of benzene rings is 2. The number of halogens is 1. The van der Waals surface area contributed by atoms with E-state index in [0.717, 1.165) is 28.8 Å². The average Bonchev–Trinajstić information content (AvgIpc) is 2.47. The highest BCUT2D eigenvalue weighted by Crippen LogP contribution is 2.28. The fraction of sp³-hybridized carbons (Fsp3) is 0.294. The summed E-state index contributed by atoms with van der Waals surface area (Å²) in [5, 5.41) is 12.8. The fourth-order valence-electron chi connectivity index (χ4n) is 2.16. The molecule has 0 heterocycles. The van der Waals surface area contributed by atoms with Crippen LogP contribution in [0.1, 0.15) is 18.9 Å². The summed E-state index contributed by atoms with van der Waals surface area (Å²) in [7, 11) is 1.66. The van der Waals surface area contributed by atoms with Gasteiger partial charge < -0.3 is 15.2 Å². The van der Waals surface area contributed by atoms with E-state index in [1.54, 1.807) is 19.2 Å². The summed E-state index contributed by atoms with van der Waals surface area (Å²) in [6.07, 6.45) is 2.00. The Morgan fingerprint density at radius 3 is 2.52 bits per heavy atom. The molecule has 0 bridgehead atoms. The van der Waals surface area contributed by atoms with Crippen LogP contribution in [0.15, 0.2) is 46.9 Å². The first-order valence-corrected chi connectivity index (χ1v) is 7.76. The highest BCUT2D eigenvalue weighted by atomic mass is 79.9. The minimum atomic E-state index is 0.313. The number of hydrogen-bond donors (Lipinski definition) is 2. The Morgan fingerprint density at radius 1 is 1.19 bits per heavy atom. The van der Waals surface area contributed by atoms with Gasteiger partial charge in [0.15, 0.2) is 0 Å². The number of anilines is 1. The molecule has 2 rings (SSSR count). The predicted octanol–water partition coefficient (Wildman–Crippen LogP) is 4.60. The lowest BCUT2D eigenvalue weighted by Crippen LogP contribution is -2.15. The molecule has 112 valence electrons. The monoisotopic (exact) mass is 349 g/mol. The maximum absolute atomic E-state index is 9.27. The van der Waals surface area contributed by atoms with E-state index in [1.807, 2.05) is 30.3 Å².